The minimum Gasteiger partial charge on any atom is -0.481 e. The first-order chi connectivity index (χ1) is 8.90. The van der Waals surface area contributed by atoms with E-state index < -0.39 is 11.4 Å². The average Bonchev–Trinajstić information content (AvgIpc) is 2.80. The third-order valence-electron chi connectivity index (χ3n) is 2.99. The monoisotopic (exact) mass is 323 g/mol. The Kier molecular flexibility index (Phi) is 3.71. The number of aliphatic carboxylic acids is 1. The second-order valence-electron chi connectivity index (χ2n) is 4.96. The number of hydrogen-bond acceptors (Lipinski definition) is 3. The Morgan fingerprint density at radius 2 is 2.21 bits per heavy atom. The van der Waals surface area contributed by atoms with E-state index in [0.717, 1.165) is 15.7 Å². The Bertz CT molecular complexity index is 594. The number of aromatic nitrogens is 3. The second-order valence-corrected chi connectivity index (χ2v) is 5.81. The molecule has 0 saturated heterocycles. The summed E-state index contributed by atoms with van der Waals surface area (Å²) in [6.45, 7) is 3.83. The fourth-order valence-electron chi connectivity index (χ4n) is 1.93. The number of carbonyl (C=O) groups is 1. The van der Waals surface area contributed by atoms with Crippen LogP contribution in [0.15, 0.2) is 35.3 Å². The molecule has 0 aliphatic heterocycles. The van der Waals surface area contributed by atoms with E-state index in [2.05, 4.69) is 26.0 Å². The van der Waals surface area contributed by atoms with Gasteiger partial charge in [-0.05, 0) is 33.6 Å². The Labute approximate surface area is 119 Å². The normalized spacial score (nSPS) is 11.5. The van der Waals surface area contributed by atoms with E-state index >= 15 is 0 Å². The van der Waals surface area contributed by atoms with Gasteiger partial charge in [-0.1, -0.05) is 19.9 Å². The molecular weight excluding hydrogens is 310 g/mol. The summed E-state index contributed by atoms with van der Waals surface area (Å²) < 4.78 is 2.51. The lowest BCUT2D eigenvalue weighted by atomic mass is 9.81. The Hall–Kier alpha value is -1.69. The van der Waals surface area contributed by atoms with Gasteiger partial charge in [-0.15, -0.1) is 0 Å². The summed E-state index contributed by atoms with van der Waals surface area (Å²) in [6, 6.07) is 5.75. The molecule has 0 unspecified atom stereocenters. The van der Waals surface area contributed by atoms with E-state index in [1.807, 2.05) is 32.0 Å². The highest BCUT2D eigenvalue weighted by Gasteiger charge is 2.24. The summed E-state index contributed by atoms with van der Waals surface area (Å²) in [5, 5.41) is 13.0. The highest BCUT2D eigenvalue weighted by Crippen LogP contribution is 2.31. The zero-order valence-electron chi connectivity index (χ0n) is 10.7. The molecule has 1 aromatic carbocycles. The van der Waals surface area contributed by atoms with Gasteiger partial charge in [0.05, 0.1) is 12.1 Å². The van der Waals surface area contributed by atoms with Crippen LogP contribution in [0.25, 0.3) is 5.69 Å². The Morgan fingerprint density at radius 3 is 2.74 bits per heavy atom. The standard InChI is InChI=1S/C13H14BrN3O2/c1-13(2,6-12(18)19)9-3-4-11(10(14)5-9)17-8-15-7-16-17/h3-5,7-8H,6H2,1-2H3,(H,18,19). The molecule has 0 saturated carbocycles. The molecule has 0 atom stereocenters. The SMILES string of the molecule is CC(C)(CC(=O)O)c1ccc(-n2cncn2)c(Br)c1. The van der Waals surface area contributed by atoms with Crippen molar-refractivity contribution >= 4 is 21.9 Å². The molecule has 0 spiro atoms. The van der Waals surface area contributed by atoms with Crippen LogP contribution < -0.4 is 0 Å². The number of carboxylic acid groups (broad SMARTS) is 1. The van der Waals surface area contributed by atoms with Crippen molar-refractivity contribution in [2.24, 2.45) is 0 Å². The number of carboxylic acids is 1. The minimum atomic E-state index is -0.804. The quantitative estimate of drug-likeness (QED) is 0.939. The van der Waals surface area contributed by atoms with Crippen LogP contribution in [0.4, 0.5) is 0 Å². The van der Waals surface area contributed by atoms with Crippen molar-refractivity contribution in [1.82, 2.24) is 14.8 Å². The number of benzene rings is 1. The molecule has 0 bridgehead atoms. The van der Waals surface area contributed by atoms with Crippen molar-refractivity contribution in [3.05, 3.63) is 40.9 Å². The average molecular weight is 324 g/mol. The molecule has 1 aromatic heterocycles. The van der Waals surface area contributed by atoms with Crippen LogP contribution in [0.1, 0.15) is 25.8 Å². The summed E-state index contributed by atoms with van der Waals surface area (Å²) in [5.41, 5.74) is 1.41. The molecule has 1 heterocycles. The van der Waals surface area contributed by atoms with Gasteiger partial charge in [0, 0.05) is 9.89 Å². The molecule has 0 aliphatic carbocycles. The van der Waals surface area contributed by atoms with Gasteiger partial charge in [-0.3, -0.25) is 4.79 Å². The minimum absolute atomic E-state index is 0.0854. The van der Waals surface area contributed by atoms with Crippen LogP contribution in [0.3, 0.4) is 0 Å². The van der Waals surface area contributed by atoms with E-state index in [9.17, 15) is 4.79 Å². The molecule has 6 heteroatoms. The highest BCUT2D eigenvalue weighted by atomic mass is 79.9. The van der Waals surface area contributed by atoms with Crippen LogP contribution in [0, 0.1) is 0 Å². The lowest BCUT2D eigenvalue weighted by Gasteiger charge is -2.23. The molecule has 0 fully saturated rings. The lowest BCUT2D eigenvalue weighted by Crippen LogP contribution is -2.21. The Balaban J connectivity index is 2.36. The van der Waals surface area contributed by atoms with Crippen LogP contribution in [-0.4, -0.2) is 25.8 Å². The summed E-state index contributed by atoms with van der Waals surface area (Å²) in [5.74, 6) is -0.804. The van der Waals surface area contributed by atoms with Gasteiger partial charge in [-0.25, -0.2) is 9.67 Å². The Morgan fingerprint density at radius 1 is 1.47 bits per heavy atom. The molecule has 19 heavy (non-hydrogen) atoms. The summed E-state index contributed by atoms with van der Waals surface area (Å²) >= 11 is 3.49. The van der Waals surface area contributed by atoms with Crippen LogP contribution >= 0.6 is 15.9 Å². The van der Waals surface area contributed by atoms with Crippen LogP contribution in [-0.2, 0) is 10.2 Å². The maximum absolute atomic E-state index is 10.9. The molecular formula is C13H14BrN3O2. The van der Waals surface area contributed by atoms with Gasteiger partial charge in [-0.2, -0.15) is 5.10 Å². The first-order valence-corrected chi connectivity index (χ1v) is 6.56. The first kappa shape index (κ1) is 13.7. The van der Waals surface area contributed by atoms with Crippen LogP contribution in [0.5, 0.6) is 0 Å². The topological polar surface area (TPSA) is 68.0 Å². The highest BCUT2D eigenvalue weighted by molar-refractivity contribution is 9.10. The lowest BCUT2D eigenvalue weighted by molar-refractivity contribution is -0.138. The van der Waals surface area contributed by atoms with Crippen molar-refractivity contribution in [2.75, 3.05) is 0 Å². The van der Waals surface area contributed by atoms with Crippen molar-refractivity contribution in [3.8, 4) is 5.69 Å². The summed E-state index contributed by atoms with van der Waals surface area (Å²) in [6.07, 6.45) is 3.17. The van der Waals surface area contributed by atoms with Crippen molar-refractivity contribution in [2.45, 2.75) is 25.7 Å². The fraction of sp³-hybridized carbons (Fsp3) is 0.308. The van der Waals surface area contributed by atoms with E-state index in [-0.39, 0.29) is 6.42 Å². The van der Waals surface area contributed by atoms with Gasteiger partial charge in [0.1, 0.15) is 12.7 Å². The first-order valence-electron chi connectivity index (χ1n) is 5.77. The molecule has 0 aliphatic rings. The molecule has 2 rings (SSSR count). The molecule has 100 valence electrons. The predicted octanol–water partition coefficient (Wildman–Crippen LogP) is 2.78. The van der Waals surface area contributed by atoms with E-state index in [1.165, 1.54) is 6.33 Å². The van der Waals surface area contributed by atoms with Crippen LogP contribution in [0.2, 0.25) is 0 Å². The fourth-order valence-corrected chi connectivity index (χ4v) is 2.49. The van der Waals surface area contributed by atoms with Gasteiger partial charge in [0.2, 0.25) is 0 Å². The van der Waals surface area contributed by atoms with Crippen molar-refractivity contribution < 1.29 is 9.90 Å². The maximum Gasteiger partial charge on any atom is 0.304 e. The number of rotatable bonds is 4. The predicted molar refractivity (Wildman–Crippen MR) is 74.3 cm³/mol. The molecule has 2 aromatic rings. The van der Waals surface area contributed by atoms with Gasteiger partial charge in [0.25, 0.3) is 0 Å². The van der Waals surface area contributed by atoms with Gasteiger partial charge in [0.15, 0.2) is 0 Å². The van der Waals surface area contributed by atoms with Crippen molar-refractivity contribution in [3.63, 3.8) is 0 Å². The van der Waals surface area contributed by atoms with Gasteiger partial charge >= 0.3 is 5.97 Å². The number of hydrogen-bond donors (Lipinski definition) is 1. The summed E-state index contributed by atoms with van der Waals surface area (Å²) in [7, 11) is 0. The zero-order chi connectivity index (χ0) is 14.0. The molecule has 0 radical (unpaired) electrons. The number of halogens is 1. The maximum atomic E-state index is 10.9. The molecule has 0 amide bonds. The molecule has 5 nitrogen and oxygen atoms in total. The van der Waals surface area contributed by atoms with E-state index in [0.29, 0.717) is 0 Å². The third-order valence-corrected chi connectivity index (χ3v) is 3.62. The smallest absolute Gasteiger partial charge is 0.304 e. The third kappa shape index (κ3) is 3.01. The van der Waals surface area contributed by atoms with Gasteiger partial charge < -0.3 is 5.11 Å². The van der Waals surface area contributed by atoms with E-state index in [4.69, 9.17) is 5.11 Å². The second kappa shape index (κ2) is 5.13. The number of nitrogens with zero attached hydrogens (tertiary/aromatic N) is 3. The summed E-state index contributed by atoms with van der Waals surface area (Å²) in [4.78, 5) is 14.8. The molecule has 1 N–H and O–H groups in total. The van der Waals surface area contributed by atoms with E-state index in [1.54, 1.807) is 11.0 Å². The van der Waals surface area contributed by atoms with Crippen molar-refractivity contribution in [1.29, 1.82) is 0 Å². The zero-order valence-corrected chi connectivity index (χ0v) is 12.3. The largest absolute Gasteiger partial charge is 0.481 e.